The molecule has 0 aliphatic rings. The van der Waals surface area contributed by atoms with E-state index in [1.165, 1.54) is 24.3 Å². The highest BCUT2D eigenvalue weighted by molar-refractivity contribution is 9.10. The Hall–Kier alpha value is -2.86. The fourth-order valence-corrected chi connectivity index (χ4v) is 2.89. The number of aromatic nitrogens is 2. The number of anilines is 2. The Bertz CT molecular complexity index is 1100. The van der Waals surface area contributed by atoms with Crippen molar-refractivity contribution in [2.24, 2.45) is 0 Å². The van der Waals surface area contributed by atoms with Crippen LogP contribution in [0.3, 0.4) is 0 Å². The lowest BCUT2D eigenvalue weighted by atomic mass is 10.1. The number of nitrogens with one attached hydrogen (secondary N) is 1. The van der Waals surface area contributed by atoms with Crippen molar-refractivity contribution in [3.05, 3.63) is 82.8 Å². The molecule has 1 aromatic heterocycles. The third-order valence-electron chi connectivity index (χ3n) is 3.85. The van der Waals surface area contributed by atoms with Gasteiger partial charge in [0.25, 0.3) is 0 Å². The molecule has 0 fully saturated rings. The molecule has 4 aromatic rings. The van der Waals surface area contributed by atoms with Gasteiger partial charge in [-0.3, -0.25) is 0 Å². The van der Waals surface area contributed by atoms with E-state index in [4.69, 9.17) is 0 Å². The Morgan fingerprint density at radius 2 is 1.58 bits per heavy atom. The number of benzene rings is 3. The number of nitrogens with zero attached hydrogens (tertiary/aromatic N) is 2. The number of hydrogen-bond donors (Lipinski definition) is 1. The van der Waals surface area contributed by atoms with E-state index in [9.17, 15) is 8.78 Å². The minimum Gasteiger partial charge on any atom is -0.340 e. The standard InChI is InChI=1S/C20H12BrF2N3/c21-13-4-7-16(8-5-13)24-20-17-11-15(23)6-9-18(17)25-19(26-20)12-2-1-3-14(22)10-12/h1-11H,(H,24,25,26). The van der Waals surface area contributed by atoms with Crippen molar-refractivity contribution in [3.8, 4) is 11.4 Å². The zero-order valence-electron chi connectivity index (χ0n) is 13.4. The predicted octanol–water partition coefficient (Wildman–Crippen LogP) is 6.08. The van der Waals surface area contributed by atoms with Crippen LogP contribution in [0.4, 0.5) is 20.3 Å². The van der Waals surface area contributed by atoms with E-state index in [2.05, 4.69) is 31.2 Å². The maximum Gasteiger partial charge on any atom is 0.162 e. The molecule has 0 saturated carbocycles. The summed E-state index contributed by atoms with van der Waals surface area (Å²) in [7, 11) is 0. The molecule has 0 atom stereocenters. The van der Waals surface area contributed by atoms with Gasteiger partial charge in [-0.1, -0.05) is 28.1 Å². The number of fused-ring (bicyclic) bond motifs is 1. The average molecular weight is 412 g/mol. The molecule has 0 aliphatic carbocycles. The second-order valence-electron chi connectivity index (χ2n) is 5.70. The molecular weight excluding hydrogens is 400 g/mol. The van der Waals surface area contributed by atoms with Gasteiger partial charge < -0.3 is 5.32 Å². The topological polar surface area (TPSA) is 37.8 Å². The number of rotatable bonds is 3. The third kappa shape index (κ3) is 3.41. The summed E-state index contributed by atoms with van der Waals surface area (Å²) in [5.74, 6) is 0.0745. The van der Waals surface area contributed by atoms with Gasteiger partial charge in [-0.15, -0.1) is 0 Å². The third-order valence-corrected chi connectivity index (χ3v) is 4.38. The summed E-state index contributed by atoms with van der Waals surface area (Å²) in [6.45, 7) is 0. The molecule has 6 heteroatoms. The van der Waals surface area contributed by atoms with Crippen molar-refractivity contribution in [3.63, 3.8) is 0 Å². The molecule has 3 aromatic carbocycles. The van der Waals surface area contributed by atoms with Crippen LogP contribution >= 0.6 is 15.9 Å². The van der Waals surface area contributed by atoms with Gasteiger partial charge in [-0.2, -0.15) is 0 Å². The van der Waals surface area contributed by atoms with Crippen molar-refractivity contribution in [2.75, 3.05) is 5.32 Å². The van der Waals surface area contributed by atoms with E-state index in [0.717, 1.165) is 10.2 Å². The molecular formula is C20H12BrF2N3. The highest BCUT2D eigenvalue weighted by atomic mass is 79.9. The zero-order chi connectivity index (χ0) is 18.1. The quantitative estimate of drug-likeness (QED) is 0.443. The minimum atomic E-state index is -0.376. The molecule has 0 unspecified atom stereocenters. The molecule has 3 nitrogen and oxygen atoms in total. The average Bonchev–Trinajstić information content (AvgIpc) is 2.64. The zero-order valence-corrected chi connectivity index (χ0v) is 15.0. The molecule has 1 N–H and O–H groups in total. The molecule has 1 heterocycles. The van der Waals surface area contributed by atoms with E-state index in [1.807, 2.05) is 24.3 Å². The number of halogens is 3. The second kappa shape index (κ2) is 6.80. The van der Waals surface area contributed by atoms with Gasteiger partial charge in [0.2, 0.25) is 0 Å². The smallest absolute Gasteiger partial charge is 0.162 e. The van der Waals surface area contributed by atoms with E-state index in [0.29, 0.717) is 28.1 Å². The largest absolute Gasteiger partial charge is 0.340 e. The Morgan fingerprint density at radius 1 is 0.808 bits per heavy atom. The van der Waals surface area contributed by atoms with Gasteiger partial charge in [-0.05, 0) is 54.6 Å². The summed E-state index contributed by atoms with van der Waals surface area (Å²) in [5.41, 5.74) is 1.91. The van der Waals surface area contributed by atoms with E-state index < -0.39 is 0 Å². The fourth-order valence-electron chi connectivity index (χ4n) is 2.62. The maximum absolute atomic E-state index is 13.7. The summed E-state index contributed by atoms with van der Waals surface area (Å²) in [6.07, 6.45) is 0. The van der Waals surface area contributed by atoms with E-state index >= 15 is 0 Å². The molecule has 26 heavy (non-hydrogen) atoms. The van der Waals surface area contributed by atoms with Crippen LogP contribution in [0.1, 0.15) is 0 Å². The Labute approximate surface area is 156 Å². The van der Waals surface area contributed by atoms with E-state index in [1.54, 1.807) is 18.2 Å². The molecule has 0 spiro atoms. The molecule has 128 valence electrons. The predicted molar refractivity (Wildman–Crippen MR) is 102 cm³/mol. The first-order chi connectivity index (χ1) is 12.6. The number of hydrogen-bond acceptors (Lipinski definition) is 3. The van der Waals surface area contributed by atoms with Crippen molar-refractivity contribution >= 4 is 38.3 Å². The van der Waals surface area contributed by atoms with Gasteiger partial charge in [-0.25, -0.2) is 18.7 Å². The van der Waals surface area contributed by atoms with Crippen molar-refractivity contribution in [1.82, 2.24) is 9.97 Å². The Morgan fingerprint density at radius 3 is 2.35 bits per heavy atom. The van der Waals surface area contributed by atoms with Crippen LogP contribution < -0.4 is 5.32 Å². The van der Waals surface area contributed by atoms with Gasteiger partial charge in [0, 0.05) is 21.1 Å². The van der Waals surface area contributed by atoms with Crippen LogP contribution in [0.5, 0.6) is 0 Å². The summed E-state index contributed by atoms with van der Waals surface area (Å²) in [6, 6.07) is 17.9. The molecule has 0 amide bonds. The first-order valence-corrected chi connectivity index (χ1v) is 8.64. The van der Waals surface area contributed by atoms with Crippen molar-refractivity contribution in [2.45, 2.75) is 0 Å². The molecule has 0 bridgehead atoms. The van der Waals surface area contributed by atoms with Crippen LogP contribution in [0.15, 0.2) is 71.2 Å². The summed E-state index contributed by atoms with van der Waals surface area (Å²) >= 11 is 3.39. The lowest BCUT2D eigenvalue weighted by Gasteiger charge is -2.11. The Balaban J connectivity index is 1.88. The van der Waals surface area contributed by atoms with Crippen LogP contribution in [-0.2, 0) is 0 Å². The van der Waals surface area contributed by atoms with Crippen LogP contribution in [0.2, 0.25) is 0 Å². The van der Waals surface area contributed by atoms with Gasteiger partial charge in [0.15, 0.2) is 5.82 Å². The van der Waals surface area contributed by atoms with Crippen LogP contribution in [-0.4, -0.2) is 9.97 Å². The minimum absolute atomic E-state index is 0.364. The highest BCUT2D eigenvalue weighted by Gasteiger charge is 2.11. The molecule has 0 saturated heterocycles. The fraction of sp³-hybridized carbons (Fsp3) is 0. The lowest BCUT2D eigenvalue weighted by Crippen LogP contribution is -2.00. The monoisotopic (exact) mass is 411 g/mol. The second-order valence-corrected chi connectivity index (χ2v) is 6.62. The summed E-state index contributed by atoms with van der Waals surface area (Å²) in [5, 5.41) is 3.74. The maximum atomic E-state index is 13.7. The van der Waals surface area contributed by atoms with Gasteiger partial charge in [0.1, 0.15) is 17.5 Å². The van der Waals surface area contributed by atoms with Gasteiger partial charge >= 0.3 is 0 Å². The van der Waals surface area contributed by atoms with Gasteiger partial charge in [0.05, 0.1) is 5.52 Å². The lowest BCUT2D eigenvalue weighted by molar-refractivity contribution is 0.628. The molecule has 4 rings (SSSR count). The van der Waals surface area contributed by atoms with Crippen LogP contribution in [0.25, 0.3) is 22.3 Å². The normalized spacial score (nSPS) is 10.9. The summed E-state index contributed by atoms with van der Waals surface area (Å²) in [4.78, 5) is 8.96. The Kier molecular flexibility index (Phi) is 4.34. The van der Waals surface area contributed by atoms with E-state index in [-0.39, 0.29) is 11.6 Å². The molecule has 0 aliphatic heterocycles. The summed E-state index contributed by atoms with van der Waals surface area (Å²) < 4.78 is 28.3. The molecule has 0 radical (unpaired) electrons. The SMILES string of the molecule is Fc1cccc(-c2nc(Nc3ccc(Br)cc3)c3cc(F)ccc3n2)c1. The van der Waals surface area contributed by atoms with Crippen molar-refractivity contribution in [1.29, 1.82) is 0 Å². The first kappa shape index (κ1) is 16.6. The highest BCUT2D eigenvalue weighted by Crippen LogP contribution is 2.28. The van der Waals surface area contributed by atoms with Crippen LogP contribution in [0, 0.1) is 11.6 Å². The van der Waals surface area contributed by atoms with Crippen molar-refractivity contribution < 1.29 is 8.78 Å². The first-order valence-electron chi connectivity index (χ1n) is 7.84.